The third kappa shape index (κ3) is 2.91. The molecule has 0 fully saturated rings. The van der Waals surface area contributed by atoms with E-state index < -0.39 is 5.82 Å². The molecule has 0 radical (unpaired) electrons. The van der Waals surface area contributed by atoms with Gasteiger partial charge in [-0.05, 0) is 50.2 Å². The summed E-state index contributed by atoms with van der Waals surface area (Å²) in [7, 11) is 0. The summed E-state index contributed by atoms with van der Waals surface area (Å²) in [6.45, 7) is 5.97. The van der Waals surface area contributed by atoms with E-state index in [0.29, 0.717) is 11.0 Å². The summed E-state index contributed by atoms with van der Waals surface area (Å²) >= 11 is 2.91. The molecule has 1 aromatic carbocycles. The topological polar surface area (TPSA) is 64.7 Å². The molecule has 0 aliphatic carbocycles. The highest BCUT2D eigenvalue weighted by atomic mass is 32.2. The Balaban J connectivity index is 1.74. The van der Waals surface area contributed by atoms with Gasteiger partial charge >= 0.3 is 0 Å². The van der Waals surface area contributed by atoms with Gasteiger partial charge in [-0.3, -0.25) is 0 Å². The Bertz CT molecular complexity index is 1090. The van der Waals surface area contributed by atoms with Crippen LogP contribution in [-0.2, 0) is 0 Å². The van der Waals surface area contributed by atoms with Crippen molar-refractivity contribution in [3.63, 3.8) is 0 Å². The second-order valence-corrected chi connectivity index (χ2v) is 7.64. The Labute approximate surface area is 151 Å². The van der Waals surface area contributed by atoms with E-state index in [2.05, 4.69) is 34.0 Å². The molecule has 4 aromatic rings. The summed E-state index contributed by atoms with van der Waals surface area (Å²) in [5.41, 5.74) is 1.43. The van der Waals surface area contributed by atoms with Gasteiger partial charge in [-0.2, -0.15) is 0 Å². The van der Waals surface area contributed by atoms with Crippen LogP contribution in [0.2, 0.25) is 0 Å². The van der Waals surface area contributed by atoms with E-state index in [4.69, 9.17) is 4.42 Å². The summed E-state index contributed by atoms with van der Waals surface area (Å²) < 4.78 is 19.5. The summed E-state index contributed by atoms with van der Waals surface area (Å²) in [6.07, 6.45) is 0. The van der Waals surface area contributed by atoms with Crippen LogP contribution in [0.3, 0.4) is 0 Å². The Morgan fingerprint density at radius 3 is 2.68 bits per heavy atom. The third-order valence-electron chi connectivity index (χ3n) is 3.80. The Morgan fingerprint density at radius 1 is 1.08 bits per heavy atom. The van der Waals surface area contributed by atoms with Crippen molar-refractivity contribution < 1.29 is 8.81 Å². The molecule has 25 heavy (non-hydrogen) atoms. The number of aromatic nitrogens is 4. The van der Waals surface area contributed by atoms with Gasteiger partial charge in [-0.1, -0.05) is 12.1 Å². The number of hydrogen-bond donors (Lipinski definition) is 0. The number of rotatable bonds is 3. The van der Waals surface area contributed by atoms with Gasteiger partial charge in [0.1, 0.15) is 21.5 Å². The van der Waals surface area contributed by atoms with Crippen LogP contribution < -0.4 is 0 Å². The van der Waals surface area contributed by atoms with Crippen molar-refractivity contribution in [2.45, 2.75) is 31.0 Å². The van der Waals surface area contributed by atoms with E-state index in [9.17, 15) is 4.39 Å². The molecule has 0 amide bonds. The Kier molecular flexibility index (Phi) is 4.01. The molecule has 0 N–H and O–H groups in total. The lowest BCUT2D eigenvalue weighted by molar-refractivity contribution is 0.462. The van der Waals surface area contributed by atoms with E-state index in [0.717, 1.165) is 20.8 Å². The maximum absolute atomic E-state index is 13.9. The molecule has 0 saturated carbocycles. The number of fused-ring (bicyclic) bond motifs is 1. The van der Waals surface area contributed by atoms with Gasteiger partial charge in [0.05, 0.1) is 5.56 Å². The van der Waals surface area contributed by atoms with E-state index in [1.807, 2.05) is 6.92 Å². The zero-order chi connectivity index (χ0) is 17.6. The van der Waals surface area contributed by atoms with Crippen LogP contribution >= 0.6 is 23.1 Å². The fraction of sp³-hybridized carbons (Fsp3) is 0.176. The van der Waals surface area contributed by atoms with Crippen molar-refractivity contribution in [3.8, 4) is 11.5 Å². The van der Waals surface area contributed by atoms with Crippen LogP contribution in [0.1, 0.15) is 16.3 Å². The van der Waals surface area contributed by atoms with Gasteiger partial charge in [0, 0.05) is 10.3 Å². The van der Waals surface area contributed by atoms with E-state index >= 15 is 0 Å². The molecule has 0 unspecified atom stereocenters. The van der Waals surface area contributed by atoms with Crippen molar-refractivity contribution in [3.05, 3.63) is 46.3 Å². The van der Waals surface area contributed by atoms with Crippen molar-refractivity contribution in [2.24, 2.45) is 0 Å². The zero-order valence-electron chi connectivity index (χ0n) is 13.7. The molecule has 0 bridgehead atoms. The van der Waals surface area contributed by atoms with Crippen molar-refractivity contribution >= 4 is 33.3 Å². The molecule has 0 aliphatic heterocycles. The fourth-order valence-electron chi connectivity index (χ4n) is 2.47. The highest BCUT2D eigenvalue weighted by Gasteiger charge is 2.18. The SMILES string of the molecule is Cc1nc(Sc2nnc(-c3ccccc3F)o2)c2c(C)c(C)sc2n1. The van der Waals surface area contributed by atoms with Crippen LogP contribution in [0.15, 0.2) is 38.9 Å². The van der Waals surface area contributed by atoms with Crippen LogP contribution in [0.5, 0.6) is 0 Å². The largest absolute Gasteiger partial charge is 0.411 e. The van der Waals surface area contributed by atoms with Crippen molar-refractivity contribution in [1.29, 1.82) is 0 Å². The van der Waals surface area contributed by atoms with Crippen LogP contribution in [0.4, 0.5) is 4.39 Å². The predicted octanol–water partition coefficient (Wildman–Crippen LogP) is 4.96. The van der Waals surface area contributed by atoms with Gasteiger partial charge in [0.15, 0.2) is 0 Å². The lowest BCUT2D eigenvalue weighted by atomic mass is 10.2. The van der Waals surface area contributed by atoms with E-state index in [-0.39, 0.29) is 11.5 Å². The molecular formula is C17H13FN4OS2. The molecule has 0 atom stereocenters. The summed E-state index contributed by atoms with van der Waals surface area (Å²) in [5.74, 6) is 0.443. The summed E-state index contributed by atoms with van der Waals surface area (Å²) in [4.78, 5) is 11.2. The first-order valence-electron chi connectivity index (χ1n) is 7.53. The fourth-order valence-corrected chi connectivity index (χ4v) is 4.50. The predicted molar refractivity (Wildman–Crippen MR) is 95.4 cm³/mol. The highest BCUT2D eigenvalue weighted by Crippen LogP contribution is 2.38. The molecule has 126 valence electrons. The molecule has 5 nitrogen and oxygen atoms in total. The van der Waals surface area contributed by atoms with Crippen molar-refractivity contribution in [2.75, 3.05) is 0 Å². The second kappa shape index (κ2) is 6.20. The molecule has 0 spiro atoms. The smallest absolute Gasteiger partial charge is 0.283 e. The lowest BCUT2D eigenvalue weighted by Gasteiger charge is -2.02. The normalized spacial score (nSPS) is 11.4. The van der Waals surface area contributed by atoms with Gasteiger partial charge in [0.25, 0.3) is 11.1 Å². The lowest BCUT2D eigenvalue weighted by Crippen LogP contribution is -1.91. The molecule has 3 heterocycles. The number of hydrogen-bond acceptors (Lipinski definition) is 7. The third-order valence-corrected chi connectivity index (χ3v) is 5.73. The molecular weight excluding hydrogens is 359 g/mol. The molecule has 8 heteroatoms. The molecule has 0 aliphatic rings. The zero-order valence-corrected chi connectivity index (χ0v) is 15.3. The van der Waals surface area contributed by atoms with Gasteiger partial charge < -0.3 is 4.42 Å². The van der Waals surface area contributed by atoms with Crippen molar-refractivity contribution in [1.82, 2.24) is 20.2 Å². The van der Waals surface area contributed by atoms with Crippen LogP contribution in [0.25, 0.3) is 21.7 Å². The summed E-state index contributed by atoms with van der Waals surface area (Å²) in [5, 5.41) is 10.1. The molecule has 4 rings (SSSR count). The molecule has 3 aromatic heterocycles. The average Bonchev–Trinajstić information content (AvgIpc) is 3.13. The number of nitrogens with zero attached hydrogens (tertiary/aromatic N) is 4. The second-order valence-electron chi connectivity index (χ2n) is 5.49. The number of aryl methyl sites for hydroxylation is 3. The van der Waals surface area contributed by atoms with E-state index in [1.165, 1.54) is 22.7 Å². The monoisotopic (exact) mass is 372 g/mol. The average molecular weight is 372 g/mol. The van der Waals surface area contributed by atoms with Gasteiger partial charge in [-0.15, -0.1) is 21.5 Å². The first-order chi connectivity index (χ1) is 12.0. The standard InChI is InChI=1S/C17H13FN4OS2/c1-8-9(2)24-15-13(8)16(20-10(3)19-15)25-17-22-21-14(23-17)11-6-4-5-7-12(11)18/h4-7H,1-3H3. The maximum Gasteiger partial charge on any atom is 0.283 e. The van der Waals surface area contributed by atoms with Gasteiger partial charge in [0.2, 0.25) is 0 Å². The Hall–Kier alpha value is -2.32. The quantitative estimate of drug-likeness (QED) is 0.474. The minimum absolute atomic E-state index is 0.154. The van der Waals surface area contributed by atoms with Crippen LogP contribution in [0, 0.1) is 26.6 Å². The van der Waals surface area contributed by atoms with E-state index in [1.54, 1.807) is 29.5 Å². The van der Waals surface area contributed by atoms with Gasteiger partial charge in [-0.25, -0.2) is 14.4 Å². The Morgan fingerprint density at radius 2 is 1.88 bits per heavy atom. The maximum atomic E-state index is 13.9. The highest BCUT2D eigenvalue weighted by molar-refractivity contribution is 7.99. The summed E-state index contributed by atoms with van der Waals surface area (Å²) in [6, 6.07) is 6.31. The number of halogens is 1. The minimum Gasteiger partial charge on any atom is -0.411 e. The molecule has 0 saturated heterocycles. The first kappa shape index (κ1) is 16.2. The first-order valence-corrected chi connectivity index (χ1v) is 9.17. The number of benzene rings is 1. The minimum atomic E-state index is -0.396. The van der Waals surface area contributed by atoms with Crippen LogP contribution in [-0.4, -0.2) is 20.2 Å². The number of thiophene rings is 1.